The first-order chi connectivity index (χ1) is 20.4. The van der Waals surface area contributed by atoms with Gasteiger partial charge in [0.05, 0.1) is 17.8 Å². The second-order valence-corrected chi connectivity index (χ2v) is 12.5. The third-order valence-electron chi connectivity index (χ3n) is 7.57. The minimum Gasteiger partial charge on any atom is -0.366 e. The lowest BCUT2D eigenvalue weighted by atomic mass is 10.1. The lowest BCUT2D eigenvalue weighted by Crippen LogP contribution is -2.59. The number of rotatable bonds is 9. The second-order valence-electron chi connectivity index (χ2n) is 10.4. The number of anilines is 1. The number of sulfonamides is 1. The summed E-state index contributed by atoms with van der Waals surface area (Å²) < 4.78 is 80.9. The Morgan fingerprint density at radius 2 is 1.65 bits per heavy atom. The van der Waals surface area contributed by atoms with E-state index < -0.39 is 43.4 Å². The highest BCUT2D eigenvalue weighted by Gasteiger charge is 2.55. The molecule has 2 aromatic heterocycles. The van der Waals surface area contributed by atoms with Crippen molar-refractivity contribution >= 4 is 21.7 Å². The van der Waals surface area contributed by atoms with E-state index >= 15 is 0 Å². The number of pyridine rings is 2. The number of alkyl halides is 3. The van der Waals surface area contributed by atoms with Crippen molar-refractivity contribution in [1.82, 2.24) is 9.97 Å². The molecule has 1 unspecified atom stereocenters. The Morgan fingerprint density at radius 3 is 2.28 bits per heavy atom. The van der Waals surface area contributed by atoms with E-state index in [1.807, 2.05) is 0 Å². The van der Waals surface area contributed by atoms with Gasteiger partial charge in [-0.2, -0.15) is 21.6 Å². The molecule has 43 heavy (non-hydrogen) atoms. The molecule has 4 aromatic rings. The van der Waals surface area contributed by atoms with Gasteiger partial charge in [0.2, 0.25) is 0 Å². The van der Waals surface area contributed by atoms with E-state index in [0.29, 0.717) is 35.6 Å². The molecular weight excluding hydrogens is 586 g/mol. The number of nitrogens with zero attached hydrogens (tertiary/aromatic N) is 3. The predicted octanol–water partition coefficient (Wildman–Crippen LogP) is 5.27. The normalized spacial score (nSPS) is 18.8. The van der Waals surface area contributed by atoms with Gasteiger partial charge in [0.1, 0.15) is 23.1 Å². The summed E-state index contributed by atoms with van der Waals surface area (Å²) in [6.07, 6.45) is -0.631. The van der Waals surface area contributed by atoms with Crippen molar-refractivity contribution in [3.05, 3.63) is 108 Å². The van der Waals surface area contributed by atoms with Crippen LogP contribution in [0.5, 0.6) is 0 Å². The van der Waals surface area contributed by atoms with E-state index in [1.54, 1.807) is 36.7 Å². The van der Waals surface area contributed by atoms with Gasteiger partial charge >= 0.3 is 16.2 Å². The molecule has 1 saturated heterocycles. The number of hydrogen-bond donors (Lipinski definition) is 2. The van der Waals surface area contributed by atoms with Crippen LogP contribution in [0.15, 0.2) is 90.1 Å². The van der Waals surface area contributed by atoms with Gasteiger partial charge in [-0.15, -0.1) is 0 Å². The number of primary amides is 1. The number of carbonyl (C=O) groups is 1. The van der Waals surface area contributed by atoms with E-state index in [0.717, 1.165) is 42.0 Å². The van der Waals surface area contributed by atoms with Gasteiger partial charge in [-0.3, -0.25) is 9.78 Å². The van der Waals surface area contributed by atoms with Crippen molar-refractivity contribution in [1.29, 1.82) is 0 Å². The zero-order chi connectivity index (χ0) is 30.8. The average Bonchev–Trinajstić information content (AvgIpc) is 3.42. The Hall–Kier alpha value is -4.36. The van der Waals surface area contributed by atoms with Crippen LogP contribution < -0.4 is 11.1 Å². The maximum atomic E-state index is 14.2. The zero-order valence-corrected chi connectivity index (χ0v) is 23.6. The smallest absolute Gasteiger partial charge is 0.366 e. The molecule has 0 bridgehead atoms. The maximum Gasteiger partial charge on any atom is 0.416 e. The monoisotopic (exact) mass is 614 g/mol. The molecule has 224 valence electrons. The highest BCUT2D eigenvalue weighted by atomic mass is 32.2. The van der Waals surface area contributed by atoms with Crippen LogP contribution in [0.4, 0.5) is 23.4 Å². The van der Waals surface area contributed by atoms with Gasteiger partial charge in [0, 0.05) is 42.9 Å². The standard InChI is InChI=1S/C30H27F4N5O3S/c31-24-7-9-25(10-8-24)43(41,42)39(15-1-2-27(39)29(35)40)19-21-16-26(22-3-5-23(6-4-22)30(32,33)34)38-28(17-21)37-18-20-11-13-36-14-12-20/h3-14,16-17,27H,1-2,15,18-19H2,(H2-,35,37,38,40)/p+1/t27-,39?/m0/s1. The minimum absolute atomic E-state index is 0.0744. The fraction of sp³-hybridized carbons (Fsp3) is 0.233. The molecule has 3 N–H and O–H groups in total. The first-order valence-electron chi connectivity index (χ1n) is 13.4. The van der Waals surface area contributed by atoms with Crippen LogP contribution in [-0.2, 0) is 34.1 Å². The number of benzene rings is 2. The number of likely N-dealkylation sites (tertiary alicyclic amines) is 1. The SMILES string of the molecule is NC(=O)[C@@H]1CCC[N+]1(Cc1cc(NCc2ccncc2)nc(-c2ccc(C(F)(F)F)cc2)c1)S(=O)(=O)c1ccc(F)cc1. The molecule has 3 heterocycles. The van der Waals surface area contributed by atoms with Crippen LogP contribution in [0, 0.1) is 5.82 Å². The lowest BCUT2D eigenvalue weighted by molar-refractivity contribution is -0.823. The number of halogens is 4. The summed E-state index contributed by atoms with van der Waals surface area (Å²) in [4.78, 5) is 21.1. The molecule has 1 amide bonds. The van der Waals surface area contributed by atoms with Crippen molar-refractivity contribution in [3.63, 3.8) is 0 Å². The molecule has 2 aromatic carbocycles. The van der Waals surface area contributed by atoms with E-state index in [-0.39, 0.29) is 24.4 Å². The highest BCUT2D eigenvalue weighted by Crippen LogP contribution is 2.39. The molecule has 8 nitrogen and oxygen atoms in total. The van der Waals surface area contributed by atoms with Crippen molar-refractivity contribution in [2.45, 2.75) is 43.0 Å². The Kier molecular flexibility index (Phi) is 8.21. The van der Waals surface area contributed by atoms with Crippen molar-refractivity contribution in [2.75, 3.05) is 11.9 Å². The number of amides is 1. The zero-order valence-electron chi connectivity index (χ0n) is 22.8. The number of nitrogens with one attached hydrogen (secondary N) is 1. The van der Waals surface area contributed by atoms with E-state index in [2.05, 4.69) is 15.3 Å². The Bertz CT molecular complexity index is 1720. The number of aromatic nitrogens is 2. The first kappa shape index (κ1) is 30.1. The van der Waals surface area contributed by atoms with Gasteiger partial charge in [-0.05, 0) is 66.2 Å². The highest BCUT2D eigenvalue weighted by molar-refractivity contribution is 7.86. The van der Waals surface area contributed by atoms with Crippen LogP contribution >= 0.6 is 0 Å². The van der Waals surface area contributed by atoms with Gasteiger partial charge in [0.25, 0.3) is 5.91 Å². The van der Waals surface area contributed by atoms with Crippen LogP contribution in [0.2, 0.25) is 0 Å². The molecule has 0 aliphatic carbocycles. The topological polar surface area (TPSA) is 115 Å². The van der Waals surface area contributed by atoms with Crippen LogP contribution in [0.25, 0.3) is 11.3 Å². The van der Waals surface area contributed by atoms with Crippen molar-refractivity contribution < 1.29 is 34.7 Å². The summed E-state index contributed by atoms with van der Waals surface area (Å²) in [7, 11) is -4.28. The summed E-state index contributed by atoms with van der Waals surface area (Å²) in [6, 6.07) is 14.6. The summed E-state index contributed by atoms with van der Waals surface area (Å²) in [5, 5.41) is 3.19. The number of hydrogen-bond acceptors (Lipinski definition) is 6. The molecule has 2 atom stereocenters. The molecule has 0 saturated carbocycles. The van der Waals surface area contributed by atoms with Gasteiger partial charge in [-0.1, -0.05) is 12.1 Å². The molecular formula is C30H28F4N5O3S+. The van der Waals surface area contributed by atoms with E-state index in [1.165, 1.54) is 12.1 Å². The quantitative estimate of drug-likeness (QED) is 0.196. The Balaban J connectivity index is 1.60. The Morgan fingerprint density at radius 1 is 0.977 bits per heavy atom. The largest absolute Gasteiger partial charge is 0.416 e. The number of carbonyl (C=O) groups excluding carboxylic acids is 1. The van der Waals surface area contributed by atoms with Crippen LogP contribution in [-0.4, -0.2) is 40.8 Å². The third kappa shape index (κ3) is 6.22. The van der Waals surface area contributed by atoms with Gasteiger partial charge in [-0.25, -0.2) is 13.3 Å². The maximum absolute atomic E-state index is 14.2. The summed E-state index contributed by atoms with van der Waals surface area (Å²) >= 11 is 0. The van der Waals surface area contributed by atoms with E-state index in [4.69, 9.17) is 5.73 Å². The molecule has 1 aliphatic rings. The molecule has 0 radical (unpaired) electrons. The third-order valence-corrected chi connectivity index (χ3v) is 9.96. The van der Waals surface area contributed by atoms with Crippen LogP contribution in [0.3, 0.4) is 0 Å². The molecule has 13 heteroatoms. The Labute approximate surface area is 245 Å². The molecule has 0 spiro atoms. The predicted molar refractivity (Wildman–Crippen MR) is 151 cm³/mol. The molecule has 5 rings (SSSR count). The number of quaternary nitrogens is 1. The fourth-order valence-corrected chi connectivity index (χ4v) is 7.58. The van der Waals surface area contributed by atoms with Crippen LogP contribution in [0.1, 0.15) is 29.5 Å². The van der Waals surface area contributed by atoms with Gasteiger partial charge < -0.3 is 11.1 Å². The average molecular weight is 615 g/mol. The summed E-state index contributed by atoms with van der Waals surface area (Å²) in [6.45, 7) is 0.224. The van der Waals surface area contributed by atoms with Gasteiger partial charge in [0.15, 0.2) is 6.04 Å². The minimum atomic E-state index is -4.52. The van der Waals surface area contributed by atoms with Crippen molar-refractivity contribution in [2.24, 2.45) is 5.73 Å². The molecule has 1 aliphatic heterocycles. The number of nitrogens with two attached hydrogens (primary N) is 1. The first-order valence-corrected chi connectivity index (χ1v) is 14.8. The van der Waals surface area contributed by atoms with Crippen molar-refractivity contribution in [3.8, 4) is 11.3 Å². The lowest BCUT2D eigenvalue weighted by Gasteiger charge is -2.37. The fourth-order valence-electron chi connectivity index (χ4n) is 5.45. The summed E-state index contributed by atoms with van der Waals surface area (Å²) in [5.74, 6) is -1.05. The van der Waals surface area contributed by atoms with E-state index in [9.17, 15) is 30.8 Å². The molecule has 1 fully saturated rings. The summed E-state index contributed by atoms with van der Waals surface area (Å²) in [5.41, 5.74) is 6.94. The second kappa shape index (κ2) is 11.7.